The van der Waals surface area contributed by atoms with Gasteiger partial charge < -0.3 is 19.1 Å². The zero-order valence-corrected chi connectivity index (χ0v) is 16.1. The molecule has 0 saturated heterocycles. The van der Waals surface area contributed by atoms with Crippen molar-refractivity contribution in [3.05, 3.63) is 0 Å². The van der Waals surface area contributed by atoms with Gasteiger partial charge in [0, 0.05) is 38.5 Å². The third kappa shape index (κ3) is 23.4. The molecule has 0 aliphatic rings. The van der Waals surface area contributed by atoms with E-state index in [9.17, 15) is 19.2 Å². The Morgan fingerprint density at radius 1 is 0.696 bits per heavy atom. The molecule has 0 amide bonds. The first-order chi connectivity index (χ1) is 10.5. The van der Waals surface area contributed by atoms with E-state index in [0.717, 1.165) is 0 Å². The van der Waals surface area contributed by atoms with E-state index in [4.69, 9.17) is 29.2 Å². The van der Waals surface area contributed by atoms with Gasteiger partial charge >= 0.3 is 0 Å². The summed E-state index contributed by atoms with van der Waals surface area (Å²) in [6.07, 6.45) is 2.14. The lowest BCUT2D eigenvalue weighted by molar-refractivity contribution is -0.119. The van der Waals surface area contributed by atoms with Gasteiger partial charge in [0.05, 0.1) is 0 Å². The Balaban J connectivity index is 0. The van der Waals surface area contributed by atoms with E-state index in [-0.39, 0.29) is 28.9 Å². The van der Waals surface area contributed by atoms with Crippen LogP contribution in [0.1, 0.15) is 59.3 Å². The molecule has 0 aromatic rings. The minimum atomic E-state index is -0.222. The monoisotopic (exact) mass is 378 g/mol. The number of carbonyl (C=O) groups excluding carboxylic acids is 4. The summed E-state index contributed by atoms with van der Waals surface area (Å²) in [5, 5.41) is 0.415. The normalized spacial score (nSPS) is 9.22. The summed E-state index contributed by atoms with van der Waals surface area (Å²) in [5.74, 6) is 0.165. The maximum atomic E-state index is 10.7. The predicted octanol–water partition coefficient (Wildman–Crippen LogP) is 3.21. The smallest absolute Gasteiger partial charge is 0.186 e. The average molecular weight is 379 g/mol. The number of hydrogen-bond acceptors (Lipinski definition) is 7. The molecule has 0 radical (unpaired) electrons. The van der Waals surface area contributed by atoms with Crippen LogP contribution < -0.4 is 0 Å². The maximum absolute atomic E-state index is 10.7. The van der Waals surface area contributed by atoms with Crippen molar-refractivity contribution < 1.29 is 23.9 Å². The molecule has 23 heavy (non-hydrogen) atoms. The summed E-state index contributed by atoms with van der Waals surface area (Å²) >= 11 is 13.2. The maximum Gasteiger partial charge on any atom is 0.186 e. The molecule has 0 heterocycles. The van der Waals surface area contributed by atoms with Gasteiger partial charge in [-0.2, -0.15) is 0 Å². The summed E-state index contributed by atoms with van der Waals surface area (Å²) < 4.78 is 5.11. The van der Waals surface area contributed by atoms with Gasteiger partial charge in [-0.15, -0.1) is 12.6 Å². The third-order valence-electron chi connectivity index (χ3n) is 2.28. The molecule has 0 atom stereocenters. The highest BCUT2D eigenvalue weighted by Crippen LogP contribution is 2.02. The molecule has 0 spiro atoms. The Bertz CT molecular complexity index is 430. The zero-order valence-electron chi connectivity index (χ0n) is 13.5. The van der Waals surface area contributed by atoms with Crippen LogP contribution in [0.15, 0.2) is 0 Å². The Morgan fingerprint density at radius 3 is 1.22 bits per heavy atom. The highest BCUT2D eigenvalue weighted by Gasteiger charge is 2.06. The summed E-state index contributed by atoms with van der Waals surface area (Å²) in [6.45, 7) is 4.45. The first-order valence-electron chi connectivity index (χ1n) is 6.98. The van der Waals surface area contributed by atoms with Gasteiger partial charge in [0.25, 0.3) is 0 Å². The Hall–Kier alpha value is -0.990. The van der Waals surface area contributed by atoms with Crippen molar-refractivity contribution in [2.24, 2.45) is 0 Å². The van der Waals surface area contributed by atoms with Crippen molar-refractivity contribution in [3.63, 3.8) is 0 Å². The van der Waals surface area contributed by atoms with Gasteiger partial charge in [0.15, 0.2) is 15.2 Å². The summed E-state index contributed by atoms with van der Waals surface area (Å²) in [6, 6.07) is 0. The molecule has 0 rings (SSSR count). The molecule has 5 nitrogen and oxygen atoms in total. The SMILES string of the molecule is CC(=O)CCC(=O)S.CC(=O)CCC(=S)OC(=S)CCC(C)=O. The molecule has 130 valence electrons. The quantitative estimate of drug-likeness (QED) is 0.487. The largest absolute Gasteiger partial charge is 0.443 e. The second kappa shape index (κ2) is 14.6. The van der Waals surface area contributed by atoms with E-state index in [1.807, 2.05) is 0 Å². The van der Waals surface area contributed by atoms with Crippen molar-refractivity contribution in [1.82, 2.24) is 0 Å². The van der Waals surface area contributed by atoms with Crippen LogP contribution in [0.3, 0.4) is 0 Å². The summed E-state index contributed by atoms with van der Waals surface area (Å²) in [4.78, 5) is 41.5. The minimum Gasteiger partial charge on any atom is -0.443 e. The third-order valence-corrected chi connectivity index (χ3v) is 3.08. The van der Waals surface area contributed by atoms with Crippen molar-refractivity contribution in [2.45, 2.75) is 59.3 Å². The number of ether oxygens (including phenoxy) is 1. The van der Waals surface area contributed by atoms with Crippen molar-refractivity contribution >= 4 is 69.6 Å². The lowest BCUT2D eigenvalue weighted by Gasteiger charge is -2.06. The molecule has 0 N–H and O–H groups in total. The lowest BCUT2D eigenvalue weighted by Crippen LogP contribution is -2.10. The number of ketones is 3. The highest BCUT2D eigenvalue weighted by molar-refractivity contribution is 7.96. The van der Waals surface area contributed by atoms with Crippen LogP contribution in [-0.4, -0.2) is 32.6 Å². The Labute approximate surface area is 152 Å². The fraction of sp³-hybridized carbons (Fsp3) is 0.600. The van der Waals surface area contributed by atoms with Gasteiger partial charge in [0.1, 0.15) is 17.3 Å². The fourth-order valence-electron chi connectivity index (χ4n) is 1.07. The number of thiol groups is 1. The fourth-order valence-corrected chi connectivity index (χ4v) is 1.64. The first kappa shape index (κ1) is 24.3. The minimum absolute atomic E-state index is 0.0346. The van der Waals surface area contributed by atoms with Crippen molar-refractivity contribution in [2.75, 3.05) is 0 Å². The van der Waals surface area contributed by atoms with Gasteiger partial charge in [-0.3, -0.25) is 4.79 Å². The summed E-state index contributed by atoms with van der Waals surface area (Å²) in [7, 11) is 0. The molecule has 0 aromatic heterocycles. The number of rotatable bonds is 9. The predicted molar refractivity (Wildman–Crippen MR) is 100 cm³/mol. The molecule has 0 unspecified atom stereocenters. The second-order valence-electron chi connectivity index (χ2n) is 4.85. The van der Waals surface area contributed by atoms with Crippen molar-refractivity contribution in [1.29, 1.82) is 0 Å². The van der Waals surface area contributed by atoms with Gasteiger partial charge in [-0.05, 0) is 45.2 Å². The molecule has 0 aliphatic carbocycles. The van der Waals surface area contributed by atoms with Crippen LogP contribution in [0, 0.1) is 0 Å². The first-order valence-corrected chi connectivity index (χ1v) is 8.24. The standard InChI is InChI=1S/C10H14O3S2.C5H8O2S/c1-7(11)3-5-9(14)13-10(15)6-4-8(2)12;1-4(6)2-3-5(7)8/h3-6H2,1-2H3;2-3H2,1H3,(H,7,8). The lowest BCUT2D eigenvalue weighted by atomic mass is 10.2. The zero-order chi connectivity index (χ0) is 18.4. The Morgan fingerprint density at radius 2 is 1.00 bits per heavy atom. The molecule has 8 heteroatoms. The molecule has 0 saturated carbocycles. The van der Waals surface area contributed by atoms with Gasteiger partial charge in [-0.1, -0.05) is 0 Å². The van der Waals surface area contributed by atoms with E-state index in [0.29, 0.717) is 42.2 Å². The second-order valence-corrected chi connectivity index (χ2v) is 6.26. The van der Waals surface area contributed by atoms with Crippen LogP contribution in [0.2, 0.25) is 0 Å². The van der Waals surface area contributed by atoms with Crippen molar-refractivity contribution in [3.8, 4) is 0 Å². The van der Waals surface area contributed by atoms with Gasteiger partial charge in [-0.25, -0.2) is 0 Å². The number of thiocarbonyl (C=S) groups is 2. The van der Waals surface area contributed by atoms with E-state index in [2.05, 4.69) is 12.6 Å². The van der Waals surface area contributed by atoms with E-state index in [1.165, 1.54) is 20.8 Å². The van der Waals surface area contributed by atoms with Crippen LogP contribution in [-0.2, 0) is 23.9 Å². The highest BCUT2D eigenvalue weighted by atomic mass is 32.1. The van der Waals surface area contributed by atoms with Crippen LogP contribution in [0.4, 0.5) is 0 Å². The number of carbonyl (C=O) groups is 4. The molecule has 0 fully saturated rings. The summed E-state index contributed by atoms with van der Waals surface area (Å²) in [5.41, 5.74) is 0. The van der Waals surface area contributed by atoms with Gasteiger partial charge in [0.2, 0.25) is 0 Å². The molecule has 0 bridgehead atoms. The average Bonchev–Trinajstić information content (AvgIpc) is 2.41. The number of Topliss-reactive ketones (excluding diaryl/α,β-unsaturated/α-hetero) is 3. The van der Waals surface area contributed by atoms with Crippen LogP contribution in [0.5, 0.6) is 0 Å². The van der Waals surface area contributed by atoms with E-state index >= 15 is 0 Å². The molecule has 0 aromatic carbocycles. The molecular weight excluding hydrogens is 356 g/mol. The van der Waals surface area contributed by atoms with Crippen LogP contribution >= 0.6 is 37.1 Å². The van der Waals surface area contributed by atoms with Crippen LogP contribution in [0.25, 0.3) is 0 Å². The molecule has 0 aliphatic heterocycles. The van der Waals surface area contributed by atoms with E-state index in [1.54, 1.807) is 0 Å². The number of hydrogen-bond donors (Lipinski definition) is 1. The Kier molecular flexibility index (Phi) is 15.4. The molecular formula is C15H22O5S3. The van der Waals surface area contributed by atoms with E-state index < -0.39 is 0 Å². The topological polar surface area (TPSA) is 77.5 Å².